The maximum atomic E-state index is 12.5. The molecule has 1 N–H and O–H groups in total. The molecule has 7 heteroatoms. The van der Waals surface area contributed by atoms with Gasteiger partial charge in [-0.1, -0.05) is 0 Å². The zero-order valence-electron chi connectivity index (χ0n) is 13.7. The number of rotatable bonds is 5. The van der Waals surface area contributed by atoms with Gasteiger partial charge in [0.1, 0.15) is 5.82 Å². The smallest absolute Gasteiger partial charge is 0.274 e. The number of nitrogens with one attached hydrogen (secondary N) is 1. The van der Waals surface area contributed by atoms with Crippen LogP contribution in [-0.2, 0) is 11.2 Å². The van der Waals surface area contributed by atoms with E-state index >= 15 is 0 Å². The second-order valence-corrected chi connectivity index (χ2v) is 5.69. The topological polar surface area (TPSA) is 80.2 Å². The van der Waals surface area contributed by atoms with Crippen molar-refractivity contribution in [3.63, 3.8) is 0 Å². The largest absolute Gasteiger partial charge is 0.375 e. The summed E-state index contributed by atoms with van der Waals surface area (Å²) in [4.78, 5) is 18.5. The highest BCUT2D eigenvalue weighted by Crippen LogP contribution is 2.15. The third-order valence-electron chi connectivity index (χ3n) is 4.05. The number of hydrogen-bond donors (Lipinski definition) is 1. The van der Waals surface area contributed by atoms with Crippen molar-refractivity contribution in [1.29, 1.82) is 0 Å². The van der Waals surface area contributed by atoms with E-state index in [1.165, 1.54) is 5.56 Å². The Morgan fingerprint density at radius 3 is 3.12 bits per heavy atom. The maximum Gasteiger partial charge on any atom is 0.274 e. The van der Waals surface area contributed by atoms with Crippen molar-refractivity contribution in [2.75, 3.05) is 32.1 Å². The fourth-order valence-electron chi connectivity index (χ4n) is 2.75. The Morgan fingerprint density at radius 1 is 1.42 bits per heavy atom. The molecule has 2 aromatic heterocycles. The van der Waals surface area contributed by atoms with Crippen LogP contribution < -0.4 is 5.32 Å². The van der Waals surface area contributed by atoms with Gasteiger partial charge in [0.25, 0.3) is 5.91 Å². The highest BCUT2D eigenvalue weighted by atomic mass is 16.5. The maximum absolute atomic E-state index is 12.5. The van der Waals surface area contributed by atoms with E-state index in [0.29, 0.717) is 25.4 Å². The Hall–Kier alpha value is -2.54. The summed E-state index contributed by atoms with van der Waals surface area (Å²) < 4.78 is 5.81. The average molecular weight is 327 g/mol. The lowest BCUT2D eigenvalue weighted by molar-refractivity contribution is -0.0248. The number of morpholine rings is 1. The van der Waals surface area contributed by atoms with Gasteiger partial charge in [0, 0.05) is 32.5 Å². The summed E-state index contributed by atoms with van der Waals surface area (Å²) >= 11 is 0. The molecule has 0 spiro atoms. The first-order valence-electron chi connectivity index (χ1n) is 8.07. The minimum absolute atomic E-state index is 0.0329. The van der Waals surface area contributed by atoms with Crippen molar-refractivity contribution in [2.24, 2.45) is 0 Å². The molecule has 0 bridgehead atoms. The highest BCUT2D eigenvalue weighted by Gasteiger charge is 2.25. The van der Waals surface area contributed by atoms with Crippen LogP contribution in [0.5, 0.6) is 0 Å². The summed E-state index contributed by atoms with van der Waals surface area (Å²) in [5.41, 5.74) is 1.58. The molecule has 3 heterocycles. The minimum atomic E-state index is -0.0854. The SMILES string of the molecule is CNc1cc(CC[C@@H]2CN(C(=O)c3cccnn3)CCO2)ccn1. The number of aromatic nitrogens is 3. The number of aryl methyl sites for hydroxylation is 1. The van der Waals surface area contributed by atoms with Gasteiger partial charge in [-0.2, -0.15) is 5.10 Å². The van der Waals surface area contributed by atoms with Crippen LogP contribution in [0.2, 0.25) is 0 Å². The van der Waals surface area contributed by atoms with Crippen LogP contribution in [0.1, 0.15) is 22.5 Å². The van der Waals surface area contributed by atoms with Crippen LogP contribution in [0.25, 0.3) is 0 Å². The predicted molar refractivity (Wildman–Crippen MR) is 89.8 cm³/mol. The second kappa shape index (κ2) is 7.83. The molecule has 0 unspecified atom stereocenters. The van der Waals surface area contributed by atoms with Gasteiger partial charge in [0.2, 0.25) is 0 Å². The third-order valence-corrected chi connectivity index (χ3v) is 4.05. The van der Waals surface area contributed by atoms with E-state index in [1.54, 1.807) is 29.4 Å². The van der Waals surface area contributed by atoms with E-state index in [1.807, 2.05) is 19.2 Å². The Morgan fingerprint density at radius 2 is 2.33 bits per heavy atom. The summed E-state index contributed by atoms with van der Waals surface area (Å²) in [6.45, 7) is 1.72. The highest BCUT2D eigenvalue weighted by molar-refractivity contribution is 5.92. The van der Waals surface area contributed by atoms with Crippen molar-refractivity contribution in [1.82, 2.24) is 20.1 Å². The first-order valence-corrected chi connectivity index (χ1v) is 8.07. The van der Waals surface area contributed by atoms with Gasteiger partial charge in [0.05, 0.1) is 12.7 Å². The summed E-state index contributed by atoms with van der Waals surface area (Å²) in [6.07, 6.45) is 5.14. The number of pyridine rings is 1. The van der Waals surface area contributed by atoms with Crippen LogP contribution in [0.15, 0.2) is 36.7 Å². The molecule has 1 saturated heterocycles. The van der Waals surface area contributed by atoms with Crippen LogP contribution in [-0.4, -0.2) is 58.8 Å². The van der Waals surface area contributed by atoms with E-state index < -0.39 is 0 Å². The first kappa shape index (κ1) is 16.3. The number of nitrogens with zero attached hydrogens (tertiary/aromatic N) is 4. The monoisotopic (exact) mass is 327 g/mol. The van der Waals surface area contributed by atoms with Gasteiger partial charge < -0.3 is 15.0 Å². The number of carbonyl (C=O) groups excluding carboxylic acids is 1. The molecule has 1 aliphatic rings. The van der Waals surface area contributed by atoms with Crippen molar-refractivity contribution >= 4 is 11.7 Å². The Balaban J connectivity index is 1.56. The summed E-state index contributed by atoms with van der Waals surface area (Å²) in [7, 11) is 1.85. The van der Waals surface area contributed by atoms with E-state index in [-0.39, 0.29) is 12.0 Å². The Kier molecular flexibility index (Phi) is 5.32. The molecular formula is C17H21N5O2. The molecule has 0 aliphatic carbocycles. The fraction of sp³-hybridized carbons (Fsp3) is 0.412. The van der Waals surface area contributed by atoms with E-state index in [9.17, 15) is 4.79 Å². The van der Waals surface area contributed by atoms with E-state index in [2.05, 4.69) is 20.5 Å². The first-order chi connectivity index (χ1) is 11.8. The van der Waals surface area contributed by atoms with Gasteiger partial charge in [0.15, 0.2) is 5.69 Å². The molecule has 0 saturated carbocycles. The van der Waals surface area contributed by atoms with Crippen molar-refractivity contribution in [2.45, 2.75) is 18.9 Å². The van der Waals surface area contributed by atoms with Crippen LogP contribution in [0.3, 0.4) is 0 Å². The van der Waals surface area contributed by atoms with Crippen molar-refractivity contribution in [3.8, 4) is 0 Å². The molecule has 0 radical (unpaired) electrons. The van der Waals surface area contributed by atoms with Gasteiger partial charge in [-0.3, -0.25) is 4.79 Å². The zero-order chi connectivity index (χ0) is 16.8. The molecule has 1 aliphatic heterocycles. The lowest BCUT2D eigenvalue weighted by atomic mass is 10.1. The summed E-state index contributed by atoms with van der Waals surface area (Å²) in [5.74, 6) is 0.772. The minimum Gasteiger partial charge on any atom is -0.375 e. The molecule has 2 aromatic rings. The van der Waals surface area contributed by atoms with Crippen molar-refractivity contribution < 1.29 is 9.53 Å². The van der Waals surface area contributed by atoms with Crippen molar-refractivity contribution in [3.05, 3.63) is 47.9 Å². The van der Waals surface area contributed by atoms with Gasteiger partial charge in [-0.15, -0.1) is 5.10 Å². The molecule has 1 amide bonds. The normalized spacial score (nSPS) is 17.5. The predicted octanol–water partition coefficient (Wildman–Crippen LogP) is 1.39. The number of ether oxygens (including phenoxy) is 1. The fourth-order valence-corrected chi connectivity index (χ4v) is 2.75. The lowest BCUT2D eigenvalue weighted by Crippen LogP contribution is -2.46. The molecule has 126 valence electrons. The van der Waals surface area contributed by atoms with Crippen LogP contribution in [0.4, 0.5) is 5.82 Å². The quantitative estimate of drug-likeness (QED) is 0.894. The standard InChI is InChI=1S/C17H21N5O2/c1-18-16-11-13(6-8-19-16)4-5-14-12-22(9-10-24-14)17(23)15-3-2-7-20-21-15/h2-3,6-8,11,14H,4-5,9-10,12H2,1H3,(H,18,19)/t14-/m1/s1. The van der Waals surface area contributed by atoms with Gasteiger partial charge in [-0.25, -0.2) is 4.98 Å². The van der Waals surface area contributed by atoms with Gasteiger partial charge in [-0.05, 0) is 42.7 Å². The summed E-state index contributed by atoms with van der Waals surface area (Å²) in [6, 6.07) is 7.45. The van der Waals surface area contributed by atoms with Crippen LogP contribution >= 0.6 is 0 Å². The van der Waals surface area contributed by atoms with E-state index in [0.717, 1.165) is 18.7 Å². The number of amides is 1. The molecule has 24 heavy (non-hydrogen) atoms. The molecule has 7 nitrogen and oxygen atoms in total. The Labute approximate surface area is 141 Å². The average Bonchev–Trinajstić information content (AvgIpc) is 2.67. The number of carbonyl (C=O) groups is 1. The zero-order valence-corrected chi connectivity index (χ0v) is 13.7. The van der Waals surface area contributed by atoms with Gasteiger partial charge >= 0.3 is 0 Å². The molecule has 1 fully saturated rings. The third kappa shape index (κ3) is 4.05. The molecule has 0 aromatic carbocycles. The molecule has 3 rings (SSSR count). The summed E-state index contributed by atoms with van der Waals surface area (Å²) in [5, 5.41) is 10.7. The van der Waals surface area contributed by atoms with E-state index in [4.69, 9.17) is 4.74 Å². The second-order valence-electron chi connectivity index (χ2n) is 5.69. The van der Waals surface area contributed by atoms with Crippen LogP contribution in [0, 0.1) is 0 Å². The number of hydrogen-bond acceptors (Lipinski definition) is 6. The Bertz CT molecular complexity index is 680. The molecule has 1 atom stereocenters. The lowest BCUT2D eigenvalue weighted by Gasteiger charge is -2.32. The molecular weight excluding hydrogens is 306 g/mol. The number of anilines is 1.